The van der Waals surface area contributed by atoms with Gasteiger partial charge in [0, 0.05) is 0 Å². The SMILES string of the molecule is CCc1cc(C(S)N(C)C)ccc1OC. The third-order valence-corrected chi connectivity index (χ3v) is 3.23. The molecule has 0 saturated heterocycles. The van der Waals surface area contributed by atoms with Gasteiger partial charge in [-0.3, -0.25) is 4.90 Å². The highest BCUT2D eigenvalue weighted by Crippen LogP contribution is 2.27. The molecule has 0 fully saturated rings. The molecule has 0 N–H and O–H groups in total. The van der Waals surface area contributed by atoms with E-state index in [2.05, 4.69) is 36.6 Å². The number of benzene rings is 1. The third kappa shape index (κ3) is 2.89. The topological polar surface area (TPSA) is 12.5 Å². The summed E-state index contributed by atoms with van der Waals surface area (Å²) in [6.07, 6.45) is 0.977. The fourth-order valence-corrected chi connectivity index (χ4v) is 1.69. The third-order valence-electron chi connectivity index (χ3n) is 2.47. The van der Waals surface area contributed by atoms with E-state index >= 15 is 0 Å². The Balaban J connectivity index is 3.02. The second-order valence-corrected chi connectivity index (χ2v) is 4.25. The number of thiol groups is 1. The van der Waals surface area contributed by atoms with Gasteiger partial charge in [-0.25, -0.2) is 0 Å². The highest BCUT2D eigenvalue weighted by molar-refractivity contribution is 7.80. The standard InChI is InChI=1S/C12H19NOS/c1-5-9-8-10(12(15)13(2)3)6-7-11(9)14-4/h6-8,12,15H,5H2,1-4H3. The van der Waals surface area contributed by atoms with Crippen molar-refractivity contribution in [3.8, 4) is 5.75 Å². The molecule has 0 aliphatic heterocycles. The van der Waals surface area contributed by atoms with Gasteiger partial charge in [0.1, 0.15) is 5.75 Å². The van der Waals surface area contributed by atoms with Gasteiger partial charge in [-0.15, -0.1) is 0 Å². The molecule has 1 atom stereocenters. The summed E-state index contributed by atoms with van der Waals surface area (Å²) >= 11 is 4.55. The van der Waals surface area contributed by atoms with Crippen LogP contribution in [0.3, 0.4) is 0 Å². The van der Waals surface area contributed by atoms with E-state index in [9.17, 15) is 0 Å². The smallest absolute Gasteiger partial charge is 0.122 e. The van der Waals surface area contributed by atoms with Crippen LogP contribution in [0.25, 0.3) is 0 Å². The predicted octanol–water partition coefficient (Wildman–Crippen LogP) is 2.75. The normalized spacial score (nSPS) is 12.9. The van der Waals surface area contributed by atoms with Crippen molar-refractivity contribution in [1.82, 2.24) is 4.90 Å². The molecule has 0 aliphatic carbocycles. The van der Waals surface area contributed by atoms with Gasteiger partial charge in [0.2, 0.25) is 0 Å². The number of rotatable bonds is 4. The molecule has 15 heavy (non-hydrogen) atoms. The molecule has 0 radical (unpaired) electrons. The molecule has 3 heteroatoms. The number of methoxy groups -OCH3 is 1. The fraction of sp³-hybridized carbons (Fsp3) is 0.500. The maximum Gasteiger partial charge on any atom is 0.122 e. The van der Waals surface area contributed by atoms with Crippen LogP contribution in [0.4, 0.5) is 0 Å². The summed E-state index contributed by atoms with van der Waals surface area (Å²) in [7, 11) is 5.75. The minimum absolute atomic E-state index is 0.140. The van der Waals surface area contributed by atoms with Crippen molar-refractivity contribution in [3.05, 3.63) is 29.3 Å². The number of hydrogen-bond acceptors (Lipinski definition) is 3. The molecule has 0 heterocycles. The van der Waals surface area contributed by atoms with Crippen molar-refractivity contribution in [2.75, 3.05) is 21.2 Å². The van der Waals surface area contributed by atoms with Crippen molar-refractivity contribution in [3.63, 3.8) is 0 Å². The van der Waals surface area contributed by atoms with Crippen LogP contribution in [-0.4, -0.2) is 26.1 Å². The zero-order chi connectivity index (χ0) is 11.4. The molecule has 0 aromatic heterocycles. The Kier molecular flexibility index (Phi) is 4.48. The fourth-order valence-electron chi connectivity index (χ4n) is 1.53. The average Bonchev–Trinajstić information content (AvgIpc) is 2.26. The van der Waals surface area contributed by atoms with Gasteiger partial charge in [0.05, 0.1) is 12.5 Å². The minimum atomic E-state index is 0.140. The van der Waals surface area contributed by atoms with Gasteiger partial charge >= 0.3 is 0 Å². The monoisotopic (exact) mass is 225 g/mol. The van der Waals surface area contributed by atoms with Crippen molar-refractivity contribution in [2.45, 2.75) is 18.7 Å². The van der Waals surface area contributed by atoms with Crippen LogP contribution < -0.4 is 4.74 Å². The molecule has 0 spiro atoms. The van der Waals surface area contributed by atoms with E-state index in [1.165, 1.54) is 11.1 Å². The highest BCUT2D eigenvalue weighted by atomic mass is 32.1. The van der Waals surface area contributed by atoms with E-state index in [1.54, 1.807) is 7.11 Å². The molecule has 1 aromatic rings. The lowest BCUT2D eigenvalue weighted by Crippen LogP contribution is -2.15. The second kappa shape index (κ2) is 5.42. The molecular formula is C12H19NOS. The first-order valence-corrected chi connectivity index (χ1v) is 5.63. The summed E-state index contributed by atoms with van der Waals surface area (Å²) < 4.78 is 5.29. The quantitative estimate of drug-likeness (QED) is 0.625. The Morgan fingerprint density at radius 3 is 2.53 bits per heavy atom. The predicted molar refractivity (Wildman–Crippen MR) is 67.8 cm³/mol. The molecule has 2 nitrogen and oxygen atoms in total. The highest BCUT2D eigenvalue weighted by Gasteiger charge is 2.10. The summed E-state index contributed by atoms with van der Waals surface area (Å²) in [5, 5.41) is 0.140. The first-order valence-electron chi connectivity index (χ1n) is 5.11. The van der Waals surface area contributed by atoms with Crippen LogP contribution in [0.2, 0.25) is 0 Å². The van der Waals surface area contributed by atoms with E-state index in [1.807, 2.05) is 20.2 Å². The van der Waals surface area contributed by atoms with Gasteiger partial charge in [-0.05, 0) is 43.8 Å². The van der Waals surface area contributed by atoms with Gasteiger partial charge in [0.15, 0.2) is 0 Å². The lowest BCUT2D eigenvalue weighted by atomic mass is 10.1. The number of aryl methyl sites for hydroxylation is 1. The van der Waals surface area contributed by atoms with Gasteiger partial charge in [0.25, 0.3) is 0 Å². The van der Waals surface area contributed by atoms with Crippen LogP contribution in [0, 0.1) is 0 Å². The largest absolute Gasteiger partial charge is 0.496 e. The Labute approximate surface area is 97.6 Å². The van der Waals surface area contributed by atoms with Crippen LogP contribution in [-0.2, 0) is 6.42 Å². The molecule has 0 amide bonds. The van der Waals surface area contributed by atoms with E-state index in [0.29, 0.717) is 0 Å². The Morgan fingerprint density at radius 2 is 2.07 bits per heavy atom. The number of nitrogens with zero attached hydrogens (tertiary/aromatic N) is 1. The zero-order valence-electron chi connectivity index (χ0n) is 9.82. The second-order valence-electron chi connectivity index (χ2n) is 3.76. The summed E-state index contributed by atoms with van der Waals surface area (Å²) in [6, 6.07) is 6.24. The van der Waals surface area contributed by atoms with Gasteiger partial charge < -0.3 is 4.74 Å². The Bertz CT molecular complexity index is 325. The number of ether oxygens (including phenoxy) is 1. The van der Waals surface area contributed by atoms with E-state index in [-0.39, 0.29) is 5.37 Å². The zero-order valence-corrected chi connectivity index (χ0v) is 10.7. The molecule has 1 aromatic carbocycles. The van der Waals surface area contributed by atoms with Crippen LogP contribution in [0.15, 0.2) is 18.2 Å². The van der Waals surface area contributed by atoms with E-state index < -0.39 is 0 Å². The van der Waals surface area contributed by atoms with Gasteiger partial charge in [-0.1, -0.05) is 13.0 Å². The Hall–Kier alpha value is -0.670. The van der Waals surface area contributed by atoms with Gasteiger partial charge in [-0.2, -0.15) is 12.6 Å². The van der Waals surface area contributed by atoms with Crippen LogP contribution in [0.5, 0.6) is 5.75 Å². The maximum absolute atomic E-state index is 5.29. The summed E-state index contributed by atoms with van der Waals surface area (Å²) in [5.41, 5.74) is 2.44. The maximum atomic E-state index is 5.29. The van der Waals surface area contributed by atoms with Crippen molar-refractivity contribution in [2.24, 2.45) is 0 Å². The first kappa shape index (κ1) is 12.4. The molecule has 0 saturated carbocycles. The summed E-state index contributed by atoms with van der Waals surface area (Å²) in [6.45, 7) is 2.13. The van der Waals surface area contributed by atoms with Crippen molar-refractivity contribution < 1.29 is 4.74 Å². The molecule has 0 aliphatic rings. The molecule has 0 bridgehead atoms. The van der Waals surface area contributed by atoms with Crippen LogP contribution in [0.1, 0.15) is 23.4 Å². The summed E-state index contributed by atoms with van der Waals surface area (Å²) in [4.78, 5) is 2.07. The molecule has 1 unspecified atom stereocenters. The van der Waals surface area contributed by atoms with E-state index in [0.717, 1.165) is 12.2 Å². The lowest BCUT2D eigenvalue weighted by Gasteiger charge is -2.20. The molecule has 1 rings (SSSR count). The number of hydrogen-bond donors (Lipinski definition) is 1. The van der Waals surface area contributed by atoms with Crippen LogP contribution >= 0.6 is 12.6 Å². The van der Waals surface area contributed by atoms with Crippen molar-refractivity contribution >= 4 is 12.6 Å². The lowest BCUT2D eigenvalue weighted by molar-refractivity contribution is 0.390. The van der Waals surface area contributed by atoms with Crippen molar-refractivity contribution in [1.29, 1.82) is 0 Å². The molecular weight excluding hydrogens is 206 g/mol. The summed E-state index contributed by atoms with van der Waals surface area (Å²) in [5.74, 6) is 0.959. The Morgan fingerprint density at radius 1 is 1.40 bits per heavy atom. The van der Waals surface area contributed by atoms with E-state index in [4.69, 9.17) is 4.74 Å². The minimum Gasteiger partial charge on any atom is -0.496 e. The average molecular weight is 225 g/mol. The first-order chi connectivity index (χ1) is 7.10. The molecule has 84 valence electrons.